The number of carbonyl (C=O) groups excluding carboxylic acids is 1. The number of para-hydroxylation sites is 1. The van der Waals surface area contributed by atoms with Crippen LogP contribution >= 0.6 is 0 Å². The number of nitro benzene ring substituents is 1. The topological polar surface area (TPSA) is 116 Å². The number of aromatic nitrogens is 2. The normalized spacial score (nSPS) is 10.6. The van der Waals surface area contributed by atoms with Gasteiger partial charge in [-0.3, -0.25) is 19.7 Å². The fourth-order valence-electron chi connectivity index (χ4n) is 3.19. The van der Waals surface area contributed by atoms with Crippen LogP contribution in [-0.2, 0) is 0 Å². The van der Waals surface area contributed by atoms with Crippen molar-refractivity contribution in [3.8, 4) is 11.4 Å². The maximum atomic E-state index is 13.2. The summed E-state index contributed by atoms with van der Waals surface area (Å²) in [5.74, 6) is -0.390. The number of benzene rings is 3. The summed E-state index contributed by atoms with van der Waals surface area (Å²) in [5, 5.41) is 18.7. The maximum Gasteiger partial charge on any atom is 0.279 e. The van der Waals surface area contributed by atoms with Crippen LogP contribution in [0.4, 0.5) is 11.4 Å². The average Bonchev–Trinajstić information content (AvgIpc) is 2.80. The number of nitrogens with one attached hydrogen (secondary N) is 1. The number of ether oxygens (including phenoxy) is 1. The van der Waals surface area contributed by atoms with E-state index in [0.717, 1.165) is 4.68 Å². The summed E-state index contributed by atoms with van der Waals surface area (Å²) in [6.07, 6.45) is 0. The molecule has 0 atom stereocenters. The van der Waals surface area contributed by atoms with Gasteiger partial charge in [-0.25, -0.2) is 0 Å². The highest BCUT2D eigenvalue weighted by Gasteiger charge is 2.20. The molecule has 0 saturated heterocycles. The van der Waals surface area contributed by atoms with Crippen LogP contribution in [0.3, 0.4) is 0 Å². The lowest BCUT2D eigenvalue weighted by Gasteiger charge is -2.13. The van der Waals surface area contributed by atoms with E-state index in [0.29, 0.717) is 16.5 Å². The first kappa shape index (κ1) is 19.8. The van der Waals surface area contributed by atoms with Gasteiger partial charge in [0.15, 0.2) is 5.69 Å². The molecule has 0 radical (unpaired) electrons. The molecule has 0 saturated carbocycles. The number of fused-ring (bicyclic) bond motifs is 1. The predicted molar refractivity (Wildman–Crippen MR) is 115 cm³/mol. The zero-order valence-corrected chi connectivity index (χ0v) is 16.3. The zero-order chi connectivity index (χ0) is 22.0. The van der Waals surface area contributed by atoms with Crippen molar-refractivity contribution in [3.63, 3.8) is 0 Å². The summed E-state index contributed by atoms with van der Waals surface area (Å²) < 4.78 is 6.36. The third kappa shape index (κ3) is 3.71. The van der Waals surface area contributed by atoms with Gasteiger partial charge in [0.1, 0.15) is 5.75 Å². The second kappa shape index (κ2) is 8.07. The number of amides is 1. The summed E-state index contributed by atoms with van der Waals surface area (Å²) in [7, 11) is 1.39. The number of rotatable bonds is 5. The van der Waals surface area contributed by atoms with Gasteiger partial charge in [0.2, 0.25) is 0 Å². The molecule has 0 aliphatic carbocycles. The first-order chi connectivity index (χ1) is 15.0. The van der Waals surface area contributed by atoms with Crippen molar-refractivity contribution >= 4 is 28.1 Å². The van der Waals surface area contributed by atoms with Crippen molar-refractivity contribution in [1.29, 1.82) is 0 Å². The van der Waals surface area contributed by atoms with Crippen LogP contribution in [0.25, 0.3) is 16.5 Å². The Labute approximate surface area is 175 Å². The molecule has 0 spiro atoms. The smallest absolute Gasteiger partial charge is 0.279 e. The molecule has 3 aromatic carbocycles. The van der Waals surface area contributed by atoms with Gasteiger partial charge in [0.05, 0.1) is 28.8 Å². The van der Waals surface area contributed by atoms with Crippen molar-refractivity contribution in [1.82, 2.24) is 9.78 Å². The summed E-state index contributed by atoms with van der Waals surface area (Å²) in [4.78, 5) is 36.7. The quantitative estimate of drug-likeness (QED) is 0.393. The molecule has 9 nitrogen and oxygen atoms in total. The molecule has 1 amide bonds. The molecule has 4 aromatic rings. The van der Waals surface area contributed by atoms with E-state index in [9.17, 15) is 19.7 Å². The molecule has 9 heteroatoms. The Bertz CT molecular complexity index is 1370. The van der Waals surface area contributed by atoms with Crippen molar-refractivity contribution in [3.05, 3.63) is 99.0 Å². The number of hydrogen-bond acceptors (Lipinski definition) is 6. The van der Waals surface area contributed by atoms with Crippen molar-refractivity contribution in [2.24, 2.45) is 0 Å². The van der Waals surface area contributed by atoms with Gasteiger partial charge in [0.25, 0.3) is 17.2 Å². The monoisotopic (exact) mass is 416 g/mol. The lowest BCUT2D eigenvalue weighted by atomic mass is 10.1. The number of hydrogen-bond donors (Lipinski definition) is 1. The molecular formula is C22H16N4O5. The van der Waals surface area contributed by atoms with Crippen LogP contribution in [-0.4, -0.2) is 27.7 Å². The van der Waals surface area contributed by atoms with E-state index in [1.165, 1.54) is 25.3 Å². The van der Waals surface area contributed by atoms with E-state index in [-0.39, 0.29) is 28.4 Å². The SMILES string of the molecule is COc1ccc([N+](=O)[O-])cc1NC(=O)c1nn(-c2ccccc2)c(=O)c2ccccc12. The number of carbonyl (C=O) groups is 1. The Kier molecular flexibility index (Phi) is 5.15. The van der Waals surface area contributed by atoms with Crippen molar-refractivity contribution in [2.45, 2.75) is 0 Å². The predicted octanol–water partition coefficient (Wildman–Crippen LogP) is 3.55. The zero-order valence-electron chi connectivity index (χ0n) is 16.3. The molecule has 154 valence electrons. The van der Waals surface area contributed by atoms with E-state index < -0.39 is 10.8 Å². The number of nitrogens with zero attached hydrogens (tertiary/aromatic N) is 3. The number of nitro groups is 1. The number of methoxy groups -OCH3 is 1. The minimum Gasteiger partial charge on any atom is -0.495 e. The molecule has 1 heterocycles. The third-order valence-corrected chi connectivity index (χ3v) is 4.66. The molecule has 31 heavy (non-hydrogen) atoms. The van der Waals surface area contributed by atoms with Gasteiger partial charge < -0.3 is 10.1 Å². The molecule has 1 aromatic heterocycles. The second-order valence-electron chi connectivity index (χ2n) is 6.54. The summed E-state index contributed by atoms with van der Waals surface area (Å²) in [6.45, 7) is 0. The van der Waals surface area contributed by atoms with Crippen LogP contribution < -0.4 is 15.6 Å². The highest BCUT2D eigenvalue weighted by molar-refractivity contribution is 6.11. The van der Waals surface area contributed by atoms with Crippen LogP contribution in [0.5, 0.6) is 5.75 Å². The number of anilines is 1. The second-order valence-corrected chi connectivity index (χ2v) is 6.54. The lowest BCUT2D eigenvalue weighted by Crippen LogP contribution is -2.26. The van der Waals surface area contributed by atoms with Crippen LogP contribution in [0.1, 0.15) is 10.5 Å². The molecule has 0 aliphatic heterocycles. The Morgan fingerprint density at radius 2 is 1.71 bits per heavy atom. The summed E-state index contributed by atoms with van der Waals surface area (Å²) in [5.41, 5.74) is 0.0346. The molecule has 0 fully saturated rings. The van der Waals surface area contributed by atoms with Gasteiger partial charge in [-0.15, -0.1) is 0 Å². The minimum atomic E-state index is -0.639. The molecule has 1 N–H and O–H groups in total. The fraction of sp³-hybridized carbons (Fsp3) is 0.0455. The van der Waals surface area contributed by atoms with E-state index >= 15 is 0 Å². The van der Waals surface area contributed by atoms with Crippen LogP contribution in [0.15, 0.2) is 77.6 Å². The van der Waals surface area contributed by atoms with E-state index in [1.54, 1.807) is 54.6 Å². The summed E-state index contributed by atoms with van der Waals surface area (Å²) >= 11 is 0. The molecule has 4 rings (SSSR count). The molecular weight excluding hydrogens is 400 g/mol. The summed E-state index contributed by atoms with van der Waals surface area (Å²) in [6, 6.07) is 19.2. The van der Waals surface area contributed by atoms with Crippen molar-refractivity contribution < 1.29 is 14.5 Å². The molecule has 0 bridgehead atoms. The maximum absolute atomic E-state index is 13.2. The lowest BCUT2D eigenvalue weighted by molar-refractivity contribution is -0.384. The Balaban J connectivity index is 1.86. The van der Waals surface area contributed by atoms with Gasteiger partial charge in [-0.2, -0.15) is 9.78 Å². The Morgan fingerprint density at radius 3 is 2.39 bits per heavy atom. The van der Waals surface area contributed by atoms with Crippen LogP contribution in [0.2, 0.25) is 0 Å². The van der Waals surface area contributed by atoms with Gasteiger partial charge in [-0.05, 0) is 24.3 Å². The van der Waals surface area contributed by atoms with Gasteiger partial charge in [0, 0.05) is 17.5 Å². The fourth-order valence-corrected chi connectivity index (χ4v) is 3.19. The first-order valence-corrected chi connectivity index (χ1v) is 9.21. The Morgan fingerprint density at radius 1 is 1.03 bits per heavy atom. The Hall–Kier alpha value is -4.53. The largest absolute Gasteiger partial charge is 0.495 e. The van der Waals surface area contributed by atoms with Gasteiger partial charge in [-0.1, -0.05) is 36.4 Å². The molecule has 0 aliphatic rings. The van der Waals surface area contributed by atoms with Gasteiger partial charge >= 0.3 is 0 Å². The first-order valence-electron chi connectivity index (χ1n) is 9.21. The standard InChI is InChI=1S/C22H16N4O5/c1-31-19-12-11-15(26(29)30)13-18(19)23-21(27)20-16-9-5-6-10-17(16)22(28)25(24-20)14-7-3-2-4-8-14/h2-13H,1H3,(H,23,27). The van der Waals surface area contributed by atoms with Crippen LogP contribution in [0, 0.1) is 10.1 Å². The number of non-ortho nitro benzene ring substituents is 1. The highest BCUT2D eigenvalue weighted by atomic mass is 16.6. The van der Waals surface area contributed by atoms with E-state index in [2.05, 4.69) is 10.4 Å². The molecule has 0 unspecified atom stereocenters. The average molecular weight is 416 g/mol. The highest BCUT2D eigenvalue weighted by Crippen LogP contribution is 2.29. The van der Waals surface area contributed by atoms with E-state index in [4.69, 9.17) is 4.74 Å². The minimum absolute atomic E-state index is 0.00684. The third-order valence-electron chi connectivity index (χ3n) is 4.66. The van der Waals surface area contributed by atoms with E-state index in [1.807, 2.05) is 0 Å². The van der Waals surface area contributed by atoms with Crippen molar-refractivity contribution in [2.75, 3.05) is 12.4 Å².